The molecule has 3 aliphatic rings. The molecule has 2 unspecified atom stereocenters. The number of nitrogens with one attached hydrogen (secondary N) is 1. The number of hydrogen-bond acceptors (Lipinski definition) is 5. The maximum absolute atomic E-state index is 13.7. The summed E-state index contributed by atoms with van der Waals surface area (Å²) in [6.45, 7) is 4.39. The number of dihydropyridines is 1. The number of amidine groups is 1. The SMILES string of the molecule is CC1CC(N2CCC[C@@H](N3CCCC(Nc4cc(F)cc(Cl)c4)C3=O)C2)=C(Cl)C(N)=N1. The third kappa shape index (κ3) is 4.93. The van der Waals surface area contributed by atoms with E-state index in [1.54, 1.807) is 6.07 Å². The number of hydrogen-bond donors (Lipinski definition) is 2. The van der Waals surface area contributed by atoms with E-state index in [-0.39, 0.29) is 24.0 Å². The Balaban J connectivity index is 1.46. The Bertz CT molecular complexity index is 901. The summed E-state index contributed by atoms with van der Waals surface area (Å²) >= 11 is 12.4. The van der Waals surface area contributed by atoms with Gasteiger partial charge in [-0.3, -0.25) is 9.79 Å². The van der Waals surface area contributed by atoms with Crippen molar-refractivity contribution in [3.63, 3.8) is 0 Å². The topological polar surface area (TPSA) is 74.0 Å². The van der Waals surface area contributed by atoms with Gasteiger partial charge in [-0.05, 0) is 50.8 Å². The number of anilines is 1. The third-order valence-corrected chi connectivity index (χ3v) is 6.85. The zero-order valence-corrected chi connectivity index (χ0v) is 19.1. The van der Waals surface area contributed by atoms with E-state index < -0.39 is 5.82 Å². The van der Waals surface area contributed by atoms with Gasteiger partial charge in [0.1, 0.15) is 22.7 Å². The van der Waals surface area contributed by atoms with Crippen molar-refractivity contribution in [1.82, 2.24) is 9.80 Å². The molecule has 6 nitrogen and oxygen atoms in total. The predicted octanol–water partition coefficient (Wildman–Crippen LogP) is 3.95. The quantitative estimate of drug-likeness (QED) is 0.702. The van der Waals surface area contributed by atoms with Gasteiger partial charge < -0.3 is 20.9 Å². The molecule has 0 aromatic heterocycles. The van der Waals surface area contributed by atoms with Crippen molar-refractivity contribution < 1.29 is 9.18 Å². The number of nitrogens with zero attached hydrogens (tertiary/aromatic N) is 3. The van der Waals surface area contributed by atoms with E-state index in [0.717, 1.165) is 51.0 Å². The summed E-state index contributed by atoms with van der Waals surface area (Å²) in [5.74, 6) is 0.0222. The van der Waals surface area contributed by atoms with Gasteiger partial charge in [0.25, 0.3) is 0 Å². The van der Waals surface area contributed by atoms with Crippen molar-refractivity contribution in [3.05, 3.63) is 39.8 Å². The first-order valence-corrected chi connectivity index (χ1v) is 11.6. The standard InChI is InChI=1S/C22H28Cl2FN5O/c1-13-8-19(20(24)21(26)27-13)29-6-2-4-17(12-29)30-7-3-5-18(22(30)31)28-16-10-14(23)9-15(25)11-16/h9-11,13,17-18,28H,2-8,12H2,1H3,(H2,26,27)/t13?,17-,18?/m1/s1. The second-order valence-electron chi connectivity index (χ2n) is 8.60. The molecule has 3 heterocycles. The molecule has 3 N–H and O–H groups in total. The fourth-order valence-corrected chi connectivity index (χ4v) is 5.28. The summed E-state index contributed by atoms with van der Waals surface area (Å²) in [5, 5.41) is 4.02. The van der Waals surface area contributed by atoms with Gasteiger partial charge in [-0.1, -0.05) is 23.2 Å². The first kappa shape index (κ1) is 22.2. The van der Waals surface area contributed by atoms with Crippen LogP contribution in [0.2, 0.25) is 5.02 Å². The van der Waals surface area contributed by atoms with Crippen LogP contribution < -0.4 is 11.1 Å². The molecule has 3 atom stereocenters. The Hall–Kier alpha value is -1.99. The number of rotatable bonds is 4. The van der Waals surface area contributed by atoms with Crippen LogP contribution in [0.1, 0.15) is 39.0 Å². The fraction of sp³-hybridized carbons (Fsp3) is 0.545. The zero-order chi connectivity index (χ0) is 22.1. The number of piperidine rings is 2. The smallest absolute Gasteiger partial charge is 0.245 e. The Labute approximate surface area is 192 Å². The highest BCUT2D eigenvalue weighted by atomic mass is 35.5. The number of likely N-dealkylation sites (tertiary alicyclic amines) is 2. The summed E-state index contributed by atoms with van der Waals surface area (Å²) in [4.78, 5) is 21.9. The molecule has 1 amide bonds. The second kappa shape index (κ2) is 9.25. The summed E-state index contributed by atoms with van der Waals surface area (Å²) in [6.07, 6.45) is 4.28. The van der Waals surface area contributed by atoms with Crippen LogP contribution >= 0.6 is 23.2 Å². The number of benzene rings is 1. The number of nitrogens with two attached hydrogens (primary N) is 1. The highest BCUT2D eigenvalue weighted by Gasteiger charge is 2.36. The van der Waals surface area contributed by atoms with E-state index >= 15 is 0 Å². The van der Waals surface area contributed by atoms with E-state index in [1.165, 1.54) is 12.1 Å². The van der Waals surface area contributed by atoms with Gasteiger partial charge in [0.2, 0.25) is 5.91 Å². The van der Waals surface area contributed by atoms with Gasteiger partial charge in [0.15, 0.2) is 0 Å². The molecule has 4 rings (SSSR count). The summed E-state index contributed by atoms with van der Waals surface area (Å²) in [7, 11) is 0. The number of halogens is 3. The van der Waals surface area contributed by atoms with Crippen molar-refractivity contribution >= 4 is 40.6 Å². The predicted molar refractivity (Wildman–Crippen MR) is 123 cm³/mol. The molecule has 0 saturated carbocycles. The van der Waals surface area contributed by atoms with Crippen molar-refractivity contribution in [2.45, 2.75) is 57.2 Å². The summed E-state index contributed by atoms with van der Waals surface area (Å²) < 4.78 is 13.7. The van der Waals surface area contributed by atoms with Crippen molar-refractivity contribution in [2.24, 2.45) is 10.7 Å². The minimum absolute atomic E-state index is 0.0525. The van der Waals surface area contributed by atoms with E-state index in [2.05, 4.69) is 15.2 Å². The first-order valence-electron chi connectivity index (χ1n) is 10.8. The van der Waals surface area contributed by atoms with E-state index in [1.807, 2.05) is 11.8 Å². The van der Waals surface area contributed by atoms with Crippen LogP contribution in [0.25, 0.3) is 0 Å². The molecule has 168 valence electrons. The lowest BCUT2D eigenvalue weighted by atomic mass is 9.96. The van der Waals surface area contributed by atoms with E-state index in [0.29, 0.717) is 28.0 Å². The summed E-state index contributed by atoms with van der Waals surface area (Å²) in [5.41, 5.74) is 7.56. The molecule has 9 heteroatoms. The van der Waals surface area contributed by atoms with E-state index in [9.17, 15) is 9.18 Å². The first-order chi connectivity index (χ1) is 14.8. The maximum Gasteiger partial charge on any atom is 0.245 e. The number of carbonyl (C=O) groups excluding carboxylic acids is 1. The van der Waals surface area contributed by atoms with Crippen LogP contribution in [0.15, 0.2) is 33.9 Å². The Morgan fingerprint density at radius 1 is 1.19 bits per heavy atom. The molecule has 0 aliphatic carbocycles. The number of aliphatic imine (C=N–C) groups is 1. The molecule has 1 aromatic carbocycles. The van der Waals surface area contributed by atoms with Crippen molar-refractivity contribution in [2.75, 3.05) is 25.0 Å². The van der Waals surface area contributed by atoms with Gasteiger partial charge in [-0.25, -0.2) is 4.39 Å². The van der Waals surface area contributed by atoms with Gasteiger partial charge in [-0.2, -0.15) is 0 Å². The van der Waals surface area contributed by atoms with Crippen LogP contribution in [-0.4, -0.2) is 59.3 Å². The van der Waals surface area contributed by atoms with E-state index in [4.69, 9.17) is 28.9 Å². The minimum atomic E-state index is -0.423. The average Bonchev–Trinajstić information content (AvgIpc) is 2.71. The molecule has 0 bridgehead atoms. The molecule has 2 saturated heterocycles. The lowest BCUT2D eigenvalue weighted by molar-refractivity contribution is -0.137. The van der Waals surface area contributed by atoms with Crippen molar-refractivity contribution in [1.29, 1.82) is 0 Å². The molecular weight excluding hydrogens is 440 g/mol. The molecule has 3 aliphatic heterocycles. The van der Waals surface area contributed by atoms with Crippen molar-refractivity contribution in [3.8, 4) is 0 Å². The number of carbonyl (C=O) groups is 1. The molecule has 1 aromatic rings. The zero-order valence-electron chi connectivity index (χ0n) is 17.6. The highest BCUT2D eigenvalue weighted by molar-refractivity contribution is 6.43. The monoisotopic (exact) mass is 467 g/mol. The molecule has 31 heavy (non-hydrogen) atoms. The van der Waals surface area contributed by atoms with Crippen LogP contribution in [0, 0.1) is 5.82 Å². The third-order valence-electron chi connectivity index (χ3n) is 6.22. The lowest BCUT2D eigenvalue weighted by Crippen LogP contribution is -2.56. The molecular formula is C22H28Cl2FN5O. The fourth-order valence-electron chi connectivity index (χ4n) is 4.81. The Morgan fingerprint density at radius 2 is 1.97 bits per heavy atom. The molecule has 0 spiro atoms. The maximum atomic E-state index is 13.7. The largest absolute Gasteiger partial charge is 0.383 e. The van der Waals surface area contributed by atoms with Crippen LogP contribution in [-0.2, 0) is 4.79 Å². The molecule has 2 fully saturated rings. The van der Waals surface area contributed by atoms with Crippen LogP contribution in [0.4, 0.5) is 10.1 Å². The van der Waals surface area contributed by atoms with Crippen LogP contribution in [0.3, 0.4) is 0 Å². The van der Waals surface area contributed by atoms with Gasteiger partial charge in [0.05, 0.1) is 6.04 Å². The Kier molecular flexibility index (Phi) is 6.63. The average molecular weight is 468 g/mol. The van der Waals surface area contributed by atoms with Gasteiger partial charge in [0, 0.05) is 48.5 Å². The summed E-state index contributed by atoms with van der Waals surface area (Å²) in [6, 6.07) is 4.08. The van der Waals surface area contributed by atoms with Crippen LogP contribution in [0.5, 0.6) is 0 Å². The normalized spacial score (nSPS) is 27.4. The lowest BCUT2D eigenvalue weighted by Gasteiger charge is -2.45. The molecule has 0 radical (unpaired) electrons. The second-order valence-corrected chi connectivity index (χ2v) is 9.41. The van der Waals surface area contributed by atoms with Gasteiger partial charge >= 0.3 is 0 Å². The Morgan fingerprint density at radius 3 is 2.74 bits per heavy atom. The van der Waals surface area contributed by atoms with Gasteiger partial charge in [-0.15, -0.1) is 0 Å². The number of amides is 1. The minimum Gasteiger partial charge on any atom is -0.383 e. The highest BCUT2D eigenvalue weighted by Crippen LogP contribution is 2.31.